The summed E-state index contributed by atoms with van der Waals surface area (Å²) in [4.78, 5) is 0. The Morgan fingerprint density at radius 2 is 1.88 bits per heavy atom. The Kier molecular flexibility index (Phi) is 3.80. The number of halogens is 3. The Morgan fingerprint density at radius 1 is 1.06 bits per heavy atom. The van der Waals surface area contributed by atoms with E-state index in [0.717, 1.165) is 18.6 Å². The van der Waals surface area contributed by atoms with Crippen molar-refractivity contribution in [3.8, 4) is 5.75 Å². The molecule has 1 aromatic rings. The number of allylic oxidation sites excluding steroid dienone is 4. The fourth-order valence-electron chi connectivity index (χ4n) is 1.39. The van der Waals surface area contributed by atoms with E-state index in [4.69, 9.17) is 39.5 Å². The quantitative estimate of drug-likeness (QED) is 0.669. The minimum absolute atomic E-state index is 0.327. The number of benzene rings is 1. The van der Waals surface area contributed by atoms with Gasteiger partial charge in [0.2, 0.25) is 0 Å². The normalized spacial score (nSPS) is 14.8. The van der Waals surface area contributed by atoms with Crippen LogP contribution in [0.3, 0.4) is 0 Å². The van der Waals surface area contributed by atoms with E-state index in [9.17, 15) is 0 Å². The van der Waals surface area contributed by atoms with E-state index in [1.165, 1.54) is 0 Å². The zero-order valence-corrected chi connectivity index (χ0v) is 10.6. The van der Waals surface area contributed by atoms with E-state index in [-0.39, 0.29) is 0 Å². The molecule has 4 heteroatoms. The SMILES string of the molecule is Clc1ccc(OC2=CC=CCC2)c(Cl)c1Cl. The predicted octanol–water partition coefficient (Wildman–Crippen LogP) is 5.26. The van der Waals surface area contributed by atoms with Crippen LogP contribution in [-0.2, 0) is 0 Å². The fraction of sp³-hybridized carbons (Fsp3) is 0.167. The zero-order chi connectivity index (χ0) is 11.5. The zero-order valence-electron chi connectivity index (χ0n) is 8.34. The van der Waals surface area contributed by atoms with Gasteiger partial charge in [-0.3, -0.25) is 0 Å². The summed E-state index contributed by atoms with van der Waals surface area (Å²) in [7, 11) is 0. The van der Waals surface area contributed by atoms with Crippen molar-refractivity contribution in [2.75, 3.05) is 0 Å². The molecule has 0 spiro atoms. The van der Waals surface area contributed by atoms with Crippen LogP contribution in [0.5, 0.6) is 5.75 Å². The van der Waals surface area contributed by atoms with Gasteiger partial charge in [-0.15, -0.1) is 0 Å². The van der Waals surface area contributed by atoms with E-state index in [2.05, 4.69) is 6.08 Å². The van der Waals surface area contributed by atoms with Crippen molar-refractivity contribution in [3.05, 3.63) is 51.2 Å². The highest BCUT2D eigenvalue weighted by atomic mass is 35.5. The van der Waals surface area contributed by atoms with Crippen molar-refractivity contribution < 1.29 is 4.74 Å². The van der Waals surface area contributed by atoms with Crippen molar-refractivity contribution in [1.82, 2.24) is 0 Å². The van der Waals surface area contributed by atoms with Gasteiger partial charge < -0.3 is 4.74 Å². The Morgan fingerprint density at radius 3 is 2.56 bits per heavy atom. The highest BCUT2D eigenvalue weighted by molar-refractivity contribution is 6.48. The van der Waals surface area contributed by atoms with E-state index >= 15 is 0 Å². The van der Waals surface area contributed by atoms with Crippen LogP contribution in [-0.4, -0.2) is 0 Å². The summed E-state index contributed by atoms with van der Waals surface area (Å²) in [6.45, 7) is 0. The molecule has 0 amide bonds. The number of hydrogen-bond donors (Lipinski definition) is 0. The first-order chi connectivity index (χ1) is 7.68. The van der Waals surface area contributed by atoms with Crippen molar-refractivity contribution in [3.63, 3.8) is 0 Å². The average Bonchev–Trinajstić information content (AvgIpc) is 2.31. The average molecular weight is 276 g/mol. The van der Waals surface area contributed by atoms with Crippen LogP contribution in [0.4, 0.5) is 0 Å². The Bertz CT molecular complexity index is 464. The molecule has 0 N–H and O–H groups in total. The van der Waals surface area contributed by atoms with Crippen LogP contribution in [0.25, 0.3) is 0 Å². The molecular formula is C12H9Cl3O. The van der Waals surface area contributed by atoms with E-state index in [1.807, 2.05) is 12.2 Å². The van der Waals surface area contributed by atoms with Gasteiger partial charge in [-0.05, 0) is 24.6 Å². The van der Waals surface area contributed by atoms with Gasteiger partial charge in [0.1, 0.15) is 16.5 Å². The first kappa shape index (κ1) is 11.8. The maximum atomic E-state index is 6.03. The van der Waals surface area contributed by atoms with Crippen LogP contribution in [0, 0.1) is 0 Å². The third-order valence-corrected chi connectivity index (χ3v) is 3.49. The summed E-state index contributed by atoms with van der Waals surface area (Å²) in [5.41, 5.74) is 0. The molecule has 16 heavy (non-hydrogen) atoms. The summed E-state index contributed by atoms with van der Waals surface area (Å²) < 4.78 is 5.66. The monoisotopic (exact) mass is 274 g/mol. The highest BCUT2D eigenvalue weighted by Gasteiger charge is 2.11. The Balaban J connectivity index is 2.25. The van der Waals surface area contributed by atoms with Gasteiger partial charge in [0, 0.05) is 6.42 Å². The van der Waals surface area contributed by atoms with Crippen LogP contribution in [0.15, 0.2) is 36.1 Å². The molecule has 0 aliphatic heterocycles. The van der Waals surface area contributed by atoms with Gasteiger partial charge in [0.25, 0.3) is 0 Å². The first-order valence-electron chi connectivity index (χ1n) is 4.85. The van der Waals surface area contributed by atoms with Crippen LogP contribution in [0.2, 0.25) is 15.1 Å². The predicted molar refractivity (Wildman–Crippen MR) is 68.6 cm³/mol. The second kappa shape index (κ2) is 5.13. The molecule has 0 fully saturated rings. The van der Waals surface area contributed by atoms with Gasteiger partial charge in [0.05, 0.1) is 10.0 Å². The molecule has 1 aromatic carbocycles. The first-order valence-corrected chi connectivity index (χ1v) is 5.99. The standard InChI is InChI=1S/C12H9Cl3O/c13-9-6-7-10(12(15)11(9)14)16-8-4-2-1-3-5-8/h1-2,4,6-7H,3,5H2. The van der Waals surface area contributed by atoms with Gasteiger partial charge in [0.15, 0.2) is 0 Å². The lowest BCUT2D eigenvalue weighted by Gasteiger charge is -2.13. The molecule has 0 bridgehead atoms. The second-order valence-electron chi connectivity index (χ2n) is 3.38. The lowest BCUT2D eigenvalue weighted by Crippen LogP contribution is -1.98. The molecule has 2 rings (SSSR count). The number of hydrogen-bond acceptors (Lipinski definition) is 1. The topological polar surface area (TPSA) is 9.23 Å². The maximum absolute atomic E-state index is 6.03. The van der Waals surface area contributed by atoms with Crippen LogP contribution < -0.4 is 4.74 Å². The minimum Gasteiger partial charge on any atom is -0.460 e. The minimum atomic E-state index is 0.327. The number of rotatable bonds is 2. The van der Waals surface area contributed by atoms with Gasteiger partial charge in [-0.25, -0.2) is 0 Å². The molecule has 84 valence electrons. The summed E-state index contributed by atoms with van der Waals surface area (Å²) >= 11 is 17.8. The molecule has 0 saturated heterocycles. The summed E-state index contributed by atoms with van der Waals surface area (Å²) in [6, 6.07) is 3.39. The van der Waals surface area contributed by atoms with Crippen LogP contribution >= 0.6 is 34.8 Å². The third kappa shape index (κ3) is 2.54. The van der Waals surface area contributed by atoms with Crippen molar-refractivity contribution in [1.29, 1.82) is 0 Å². The molecule has 0 unspecified atom stereocenters. The van der Waals surface area contributed by atoms with Crippen molar-refractivity contribution in [2.24, 2.45) is 0 Å². The molecule has 0 aromatic heterocycles. The highest BCUT2D eigenvalue weighted by Crippen LogP contribution is 2.38. The lowest BCUT2D eigenvalue weighted by atomic mass is 10.2. The van der Waals surface area contributed by atoms with Gasteiger partial charge >= 0.3 is 0 Å². The second-order valence-corrected chi connectivity index (χ2v) is 4.54. The van der Waals surface area contributed by atoms with Crippen molar-refractivity contribution >= 4 is 34.8 Å². The smallest absolute Gasteiger partial charge is 0.147 e. The molecule has 1 aliphatic rings. The third-order valence-electron chi connectivity index (χ3n) is 2.22. The Hall–Kier alpha value is -0.630. The molecule has 0 atom stereocenters. The summed E-state index contributed by atoms with van der Waals surface area (Å²) in [6.07, 6.45) is 7.81. The molecular weight excluding hydrogens is 266 g/mol. The molecule has 0 saturated carbocycles. The lowest BCUT2D eigenvalue weighted by molar-refractivity contribution is 0.403. The van der Waals surface area contributed by atoms with Gasteiger partial charge in [-0.1, -0.05) is 47.0 Å². The van der Waals surface area contributed by atoms with Crippen molar-refractivity contribution in [2.45, 2.75) is 12.8 Å². The molecule has 0 radical (unpaired) electrons. The maximum Gasteiger partial charge on any atom is 0.147 e. The molecule has 1 nitrogen and oxygen atoms in total. The molecule has 0 heterocycles. The number of ether oxygens (including phenoxy) is 1. The largest absolute Gasteiger partial charge is 0.460 e. The van der Waals surface area contributed by atoms with Crippen LogP contribution in [0.1, 0.15) is 12.8 Å². The fourth-order valence-corrected chi connectivity index (χ4v) is 1.96. The van der Waals surface area contributed by atoms with Gasteiger partial charge in [-0.2, -0.15) is 0 Å². The summed E-state index contributed by atoms with van der Waals surface area (Å²) in [5, 5.41) is 1.11. The van der Waals surface area contributed by atoms with E-state index in [0.29, 0.717) is 20.8 Å². The van der Waals surface area contributed by atoms with E-state index in [1.54, 1.807) is 12.1 Å². The Labute approximate surface area is 109 Å². The summed E-state index contributed by atoms with van der Waals surface area (Å²) in [5.74, 6) is 1.42. The van der Waals surface area contributed by atoms with E-state index < -0.39 is 0 Å². The molecule has 1 aliphatic carbocycles.